The molecule has 3 aromatic rings. The predicted molar refractivity (Wildman–Crippen MR) is 102 cm³/mol. The number of carbonyl (C=O) groups is 1. The molecule has 0 aliphatic rings. The number of nitro groups is 1. The van der Waals surface area contributed by atoms with Crippen LogP contribution < -0.4 is 5.32 Å². The van der Waals surface area contributed by atoms with Gasteiger partial charge < -0.3 is 0 Å². The minimum Gasteiger partial charge on any atom is -0.296 e. The van der Waals surface area contributed by atoms with Gasteiger partial charge in [0.15, 0.2) is 4.34 Å². The second kappa shape index (κ2) is 8.07. The van der Waals surface area contributed by atoms with Crippen LogP contribution in [0.2, 0.25) is 0 Å². The van der Waals surface area contributed by atoms with Crippen molar-refractivity contribution in [1.29, 1.82) is 0 Å². The van der Waals surface area contributed by atoms with E-state index in [2.05, 4.69) is 39.8 Å². The highest BCUT2D eigenvalue weighted by molar-refractivity contribution is 8.00. The number of amides is 1. The average Bonchev–Trinajstić information content (AvgIpc) is 3.08. The van der Waals surface area contributed by atoms with Gasteiger partial charge in [-0.1, -0.05) is 52.9 Å². The van der Waals surface area contributed by atoms with Gasteiger partial charge in [-0.15, -0.1) is 10.2 Å². The molecule has 1 N–H and O–H groups in total. The van der Waals surface area contributed by atoms with Gasteiger partial charge in [-0.2, -0.15) is 0 Å². The van der Waals surface area contributed by atoms with Crippen LogP contribution in [-0.2, 0) is 5.75 Å². The highest BCUT2D eigenvalue weighted by Crippen LogP contribution is 2.28. The van der Waals surface area contributed by atoms with Crippen molar-refractivity contribution < 1.29 is 9.72 Å². The van der Waals surface area contributed by atoms with Crippen molar-refractivity contribution in [1.82, 2.24) is 10.2 Å². The number of benzene rings is 2. The standard InChI is InChI=1S/C17H14N4O3S2/c1-11-2-4-12(5-3-11)10-25-17-20-19-16(26-17)18-15(22)13-6-8-14(9-7-13)21(23)24/h2-9H,10H2,1H3,(H,18,19,22). The van der Waals surface area contributed by atoms with Crippen LogP contribution in [-0.4, -0.2) is 21.0 Å². The Bertz CT molecular complexity index is 924. The average molecular weight is 386 g/mol. The SMILES string of the molecule is Cc1ccc(CSc2nnc(NC(=O)c3ccc([N+](=O)[O-])cc3)s2)cc1. The van der Waals surface area contributed by atoms with Gasteiger partial charge in [0.2, 0.25) is 5.13 Å². The highest BCUT2D eigenvalue weighted by atomic mass is 32.2. The number of non-ortho nitro benzene ring substituents is 1. The second-order valence-electron chi connectivity index (χ2n) is 5.41. The molecule has 0 bridgehead atoms. The topological polar surface area (TPSA) is 98.0 Å². The summed E-state index contributed by atoms with van der Waals surface area (Å²) >= 11 is 2.83. The first-order valence-corrected chi connectivity index (χ1v) is 9.39. The van der Waals surface area contributed by atoms with Gasteiger partial charge in [0.05, 0.1) is 4.92 Å². The highest BCUT2D eigenvalue weighted by Gasteiger charge is 2.12. The van der Waals surface area contributed by atoms with Crippen LogP contribution in [0.4, 0.5) is 10.8 Å². The number of hydrogen-bond acceptors (Lipinski definition) is 7. The summed E-state index contributed by atoms with van der Waals surface area (Å²) in [5.41, 5.74) is 2.66. The number of thioether (sulfide) groups is 1. The Kier molecular flexibility index (Phi) is 5.59. The van der Waals surface area contributed by atoms with Gasteiger partial charge in [0.1, 0.15) is 0 Å². The molecule has 0 unspecified atom stereocenters. The Morgan fingerprint density at radius 2 is 1.85 bits per heavy atom. The van der Waals surface area contributed by atoms with E-state index in [4.69, 9.17) is 0 Å². The maximum atomic E-state index is 12.2. The minimum absolute atomic E-state index is 0.0627. The summed E-state index contributed by atoms with van der Waals surface area (Å²) in [6.45, 7) is 2.04. The fourth-order valence-electron chi connectivity index (χ4n) is 2.05. The molecule has 1 amide bonds. The van der Waals surface area contributed by atoms with Crippen LogP contribution in [0.5, 0.6) is 0 Å². The van der Waals surface area contributed by atoms with Crippen LogP contribution >= 0.6 is 23.1 Å². The van der Waals surface area contributed by atoms with E-state index in [-0.39, 0.29) is 11.6 Å². The largest absolute Gasteiger partial charge is 0.296 e. The maximum absolute atomic E-state index is 12.2. The number of aromatic nitrogens is 2. The molecule has 0 spiro atoms. The Labute approximate surface area is 157 Å². The van der Waals surface area contributed by atoms with Gasteiger partial charge >= 0.3 is 0 Å². The fourth-order valence-corrected chi connectivity index (χ4v) is 3.75. The molecule has 1 aromatic heterocycles. The van der Waals surface area contributed by atoms with E-state index in [9.17, 15) is 14.9 Å². The summed E-state index contributed by atoms with van der Waals surface area (Å²) in [6.07, 6.45) is 0. The molecule has 3 rings (SSSR count). The third-order valence-electron chi connectivity index (χ3n) is 3.45. The van der Waals surface area contributed by atoms with Gasteiger partial charge in [-0.3, -0.25) is 20.2 Å². The van der Waals surface area contributed by atoms with Gasteiger partial charge in [0.25, 0.3) is 11.6 Å². The summed E-state index contributed by atoms with van der Waals surface area (Å²) in [5.74, 6) is 0.386. The molecular formula is C17H14N4O3S2. The first-order chi connectivity index (χ1) is 12.5. The zero-order chi connectivity index (χ0) is 18.5. The molecule has 0 atom stereocenters. The first-order valence-electron chi connectivity index (χ1n) is 7.59. The monoisotopic (exact) mass is 386 g/mol. The lowest BCUT2D eigenvalue weighted by Crippen LogP contribution is -2.11. The van der Waals surface area contributed by atoms with Gasteiger partial charge in [-0.05, 0) is 24.6 Å². The Morgan fingerprint density at radius 3 is 2.50 bits per heavy atom. The third-order valence-corrected chi connectivity index (χ3v) is 5.49. The molecule has 0 saturated carbocycles. The maximum Gasteiger partial charge on any atom is 0.269 e. The molecule has 1 heterocycles. The molecule has 0 saturated heterocycles. The number of rotatable bonds is 6. The van der Waals surface area contributed by atoms with Crippen LogP contribution in [0.3, 0.4) is 0 Å². The van der Waals surface area contributed by atoms with Crippen LogP contribution in [0.25, 0.3) is 0 Å². The zero-order valence-electron chi connectivity index (χ0n) is 13.7. The van der Waals surface area contributed by atoms with E-state index < -0.39 is 4.92 Å². The van der Waals surface area contributed by atoms with Crippen molar-refractivity contribution in [3.63, 3.8) is 0 Å². The van der Waals surface area contributed by atoms with Crippen LogP contribution in [0.15, 0.2) is 52.9 Å². The van der Waals surface area contributed by atoms with E-state index in [1.807, 2.05) is 6.92 Å². The molecule has 0 aliphatic carbocycles. The number of aryl methyl sites for hydroxylation is 1. The lowest BCUT2D eigenvalue weighted by molar-refractivity contribution is -0.384. The van der Waals surface area contributed by atoms with E-state index in [1.54, 1.807) is 11.8 Å². The summed E-state index contributed by atoms with van der Waals surface area (Å²) < 4.78 is 0.754. The van der Waals surface area contributed by atoms with E-state index in [0.717, 1.165) is 10.1 Å². The number of nitro benzene ring substituents is 1. The van der Waals surface area contributed by atoms with E-state index >= 15 is 0 Å². The van der Waals surface area contributed by atoms with Crippen LogP contribution in [0.1, 0.15) is 21.5 Å². The number of carbonyl (C=O) groups excluding carboxylic acids is 1. The lowest BCUT2D eigenvalue weighted by atomic mass is 10.2. The minimum atomic E-state index is -0.510. The first kappa shape index (κ1) is 18.0. The molecule has 2 aromatic carbocycles. The number of anilines is 1. The fraction of sp³-hybridized carbons (Fsp3) is 0.118. The Balaban J connectivity index is 1.58. The molecular weight excluding hydrogens is 372 g/mol. The summed E-state index contributed by atoms with van der Waals surface area (Å²) in [5, 5.41) is 21.7. The van der Waals surface area contributed by atoms with Gasteiger partial charge in [0, 0.05) is 23.4 Å². The molecule has 0 radical (unpaired) electrons. The second-order valence-corrected chi connectivity index (χ2v) is 7.61. The molecule has 132 valence electrons. The molecule has 0 aliphatic heterocycles. The summed E-state index contributed by atoms with van der Waals surface area (Å²) in [6, 6.07) is 13.7. The number of nitrogens with zero attached hydrogens (tertiary/aromatic N) is 3. The third kappa shape index (κ3) is 4.64. The van der Waals surface area contributed by atoms with Crippen molar-refractivity contribution in [3.05, 3.63) is 75.3 Å². The van der Waals surface area contributed by atoms with E-state index in [1.165, 1.54) is 46.7 Å². The quantitative estimate of drug-likeness (QED) is 0.293. The lowest BCUT2D eigenvalue weighted by Gasteiger charge is -2.00. The van der Waals surface area contributed by atoms with Crippen molar-refractivity contribution >= 4 is 39.8 Å². The normalized spacial score (nSPS) is 10.5. The summed E-state index contributed by atoms with van der Waals surface area (Å²) in [7, 11) is 0. The molecule has 9 heteroatoms. The molecule has 0 fully saturated rings. The predicted octanol–water partition coefficient (Wildman–Crippen LogP) is 4.30. The van der Waals surface area contributed by atoms with Crippen molar-refractivity contribution in [2.75, 3.05) is 5.32 Å². The van der Waals surface area contributed by atoms with Crippen LogP contribution in [0, 0.1) is 17.0 Å². The van der Waals surface area contributed by atoms with E-state index in [0.29, 0.717) is 10.7 Å². The Hall–Kier alpha value is -2.78. The smallest absolute Gasteiger partial charge is 0.269 e. The van der Waals surface area contributed by atoms with Gasteiger partial charge in [-0.25, -0.2) is 0 Å². The zero-order valence-corrected chi connectivity index (χ0v) is 15.3. The van der Waals surface area contributed by atoms with Crippen molar-refractivity contribution in [3.8, 4) is 0 Å². The Morgan fingerprint density at radius 1 is 1.15 bits per heavy atom. The molecule has 7 nitrogen and oxygen atoms in total. The number of hydrogen-bond donors (Lipinski definition) is 1. The number of nitrogens with one attached hydrogen (secondary N) is 1. The molecule has 26 heavy (non-hydrogen) atoms. The van der Waals surface area contributed by atoms with Crippen molar-refractivity contribution in [2.45, 2.75) is 17.0 Å². The van der Waals surface area contributed by atoms with Crippen molar-refractivity contribution in [2.24, 2.45) is 0 Å². The summed E-state index contributed by atoms with van der Waals surface area (Å²) in [4.78, 5) is 22.3.